The molecule has 0 bridgehead atoms. The van der Waals surface area contributed by atoms with Gasteiger partial charge in [-0.15, -0.1) is 0 Å². The van der Waals surface area contributed by atoms with Crippen molar-refractivity contribution in [1.82, 2.24) is 9.78 Å². The fraction of sp³-hybridized carbons (Fsp3) is 0.235. The van der Waals surface area contributed by atoms with Gasteiger partial charge in [0.1, 0.15) is 17.2 Å². The van der Waals surface area contributed by atoms with Crippen LogP contribution in [0.3, 0.4) is 0 Å². The summed E-state index contributed by atoms with van der Waals surface area (Å²) in [5, 5.41) is 5.78. The molecule has 0 N–H and O–H groups in total. The number of aryl methyl sites for hydroxylation is 2. The first kappa shape index (κ1) is 13.5. The molecule has 108 valence electrons. The molecule has 21 heavy (non-hydrogen) atoms. The van der Waals surface area contributed by atoms with E-state index in [4.69, 9.17) is 9.47 Å². The molecule has 0 saturated heterocycles. The predicted octanol–water partition coefficient (Wildman–Crippen LogP) is 3.57. The van der Waals surface area contributed by atoms with Crippen molar-refractivity contribution >= 4 is 10.9 Å². The first-order chi connectivity index (χ1) is 10.1. The highest BCUT2D eigenvalue weighted by atomic mass is 16.5. The van der Waals surface area contributed by atoms with Crippen molar-refractivity contribution in [2.45, 2.75) is 6.92 Å². The normalized spacial score (nSPS) is 10.9. The van der Waals surface area contributed by atoms with Gasteiger partial charge < -0.3 is 9.47 Å². The Balaban J connectivity index is 2.32. The molecule has 0 fully saturated rings. The molecular weight excluding hydrogens is 264 g/mol. The van der Waals surface area contributed by atoms with E-state index in [0.717, 1.165) is 33.7 Å². The number of hydrogen-bond donors (Lipinski definition) is 0. The number of fused-ring (bicyclic) bond motifs is 1. The van der Waals surface area contributed by atoms with Crippen LogP contribution in [0.25, 0.3) is 22.2 Å². The lowest BCUT2D eigenvalue weighted by Crippen LogP contribution is -1.93. The number of methoxy groups -OCH3 is 2. The zero-order valence-electron chi connectivity index (χ0n) is 12.7. The van der Waals surface area contributed by atoms with Gasteiger partial charge >= 0.3 is 0 Å². The van der Waals surface area contributed by atoms with Crippen LogP contribution in [0.1, 0.15) is 5.56 Å². The van der Waals surface area contributed by atoms with E-state index in [1.165, 1.54) is 5.56 Å². The third-order valence-electron chi connectivity index (χ3n) is 3.67. The summed E-state index contributed by atoms with van der Waals surface area (Å²) < 4.78 is 12.7. The van der Waals surface area contributed by atoms with E-state index in [2.05, 4.69) is 30.2 Å². The summed E-state index contributed by atoms with van der Waals surface area (Å²) in [7, 11) is 5.28. The molecule has 3 rings (SSSR count). The third-order valence-corrected chi connectivity index (χ3v) is 3.67. The Bertz CT molecular complexity index is 806. The van der Waals surface area contributed by atoms with Gasteiger partial charge in [0.05, 0.1) is 19.7 Å². The Morgan fingerprint density at radius 2 is 1.81 bits per heavy atom. The number of hydrogen-bond acceptors (Lipinski definition) is 3. The molecular formula is C17H18N2O2. The maximum atomic E-state index is 5.48. The Morgan fingerprint density at radius 3 is 2.52 bits per heavy atom. The van der Waals surface area contributed by atoms with Gasteiger partial charge in [0.15, 0.2) is 0 Å². The molecule has 0 saturated carbocycles. The zero-order chi connectivity index (χ0) is 15.0. The lowest BCUT2D eigenvalue weighted by atomic mass is 10.0. The average molecular weight is 282 g/mol. The summed E-state index contributed by atoms with van der Waals surface area (Å²) in [5.74, 6) is 1.58. The molecule has 4 heteroatoms. The highest BCUT2D eigenvalue weighted by Crippen LogP contribution is 2.36. The molecule has 0 aliphatic carbocycles. The van der Waals surface area contributed by atoms with E-state index >= 15 is 0 Å². The van der Waals surface area contributed by atoms with Crippen LogP contribution < -0.4 is 9.47 Å². The largest absolute Gasteiger partial charge is 0.497 e. The van der Waals surface area contributed by atoms with Crippen LogP contribution >= 0.6 is 0 Å². The second-order valence-electron chi connectivity index (χ2n) is 5.06. The monoisotopic (exact) mass is 282 g/mol. The van der Waals surface area contributed by atoms with Crippen LogP contribution in [0.5, 0.6) is 11.5 Å². The van der Waals surface area contributed by atoms with Crippen LogP contribution in [0, 0.1) is 6.92 Å². The molecule has 0 atom stereocenters. The number of aromatic nitrogens is 2. The van der Waals surface area contributed by atoms with E-state index in [1.807, 2.05) is 29.9 Å². The van der Waals surface area contributed by atoms with Crippen molar-refractivity contribution in [2.24, 2.45) is 7.05 Å². The van der Waals surface area contributed by atoms with Crippen LogP contribution in [0.4, 0.5) is 0 Å². The number of benzene rings is 2. The highest BCUT2D eigenvalue weighted by molar-refractivity contribution is 5.95. The van der Waals surface area contributed by atoms with Gasteiger partial charge in [-0.1, -0.05) is 11.6 Å². The first-order valence-electron chi connectivity index (χ1n) is 6.80. The van der Waals surface area contributed by atoms with Crippen LogP contribution in [-0.4, -0.2) is 24.0 Å². The van der Waals surface area contributed by atoms with Gasteiger partial charge in [-0.05, 0) is 37.3 Å². The molecule has 0 spiro atoms. The number of ether oxygens (including phenoxy) is 2. The minimum absolute atomic E-state index is 0.789. The summed E-state index contributed by atoms with van der Waals surface area (Å²) >= 11 is 0. The molecule has 3 aromatic rings. The first-order valence-corrected chi connectivity index (χ1v) is 6.80. The number of nitrogens with zero attached hydrogens (tertiary/aromatic N) is 2. The van der Waals surface area contributed by atoms with Crippen LogP contribution in [0.15, 0.2) is 36.4 Å². The summed E-state index contributed by atoms with van der Waals surface area (Å²) in [6.45, 7) is 2.08. The Hall–Kier alpha value is -2.49. The summed E-state index contributed by atoms with van der Waals surface area (Å²) in [6.07, 6.45) is 0. The quantitative estimate of drug-likeness (QED) is 0.737. The highest BCUT2D eigenvalue weighted by Gasteiger charge is 2.15. The molecule has 2 aromatic carbocycles. The minimum Gasteiger partial charge on any atom is -0.497 e. The van der Waals surface area contributed by atoms with E-state index in [9.17, 15) is 0 Å². The van der Waals surface area contributed by atoms with Crippen LogP contribution in [-0.2, 0) is 7.05 Å². The summed E-state index contributed by atoms with van der Waals surface area (Å²) in [4.78, 5) is 0. The van der Waals surface area contributed by atoms with Crippen molar-refractivity contribution in [1.29, 1.82) is 0 Å². The minimum atomic E-state index is 0.789. The zero-order valence-corrected chi connectivity index (χ0v) is 12.7. The second kappa shape index (κ2) is 5.13. The van der Waals surface area contributed by atoms with Crippen molar-refractivity contribution in [3.63, 3.8) is 0 Å². The van der Waals surface area contributed by atoms with Gasteiger partial charge in [-0.2, -0.15) is 5.10 Å². The van der Waals surface area contributed by atoms with Gasteiger partial charge in [0.25, 0.3) is 0 Å². The summed E-state index contributed by atoms with van der Waals surface area (Å²) in [6, 6.07) is 12.1. The topological polar surface area (TPSA) is 36.3 Å². The lowest BCUT2D eigenvalue weighted by Gasteiger charge is -2.09. The maximum Gasteiger partial charge on any atom is 0.128 e. The van der Waals surface area contributed by atoms with E-state index < -0.39 is 0 Å². The van der Waals surface area contributed by atoms with Gasteiger partial charge in [0, 0.05) is 18.0 Å². The Morgan fingerprint density at radius 1 is 1.00 bits per heavy atom. The molecule has 0 unspecified atom stereocenters. The molecule has 4 nitrogen and oxygen atoms in total. The SMILES string of the molecule is COc1ccc(OC)c(-c2nn(C)c3ccc(C)cc23)c1. The van der Waals surface area contributed by atoms with E-state index in [-0.39, 0.29) is 0 Å². The van der Waals surface area contributed by atoms with Crippen molar-refractivity contribution in [3.05, 3.63) is 42.0 Å². The smallest absolute Gasteiger partial charge is 0.128 e. The van der Waals surface area contributed by atoms with Crippen molar-refractivity contribution in [3.8, 4) is 22.8 Å². The molecule has 0 aliphatic heterocycles. The standard InChI is InChI=1S/C17H18N2O2/c1-11-5-7-15-13(9-11)17(18-19(15)2)14-10-12(20-3)6-8-16(14)21-4/h5-10H,1-4H3. The molecule has 0 radical (unpaired) electrons. The van der Waals surface area contributed by atoms with Crippen molar-refractivity contribution < 1.29 is 9.47 Å². The van der Waals surface area contributed by atoms with E-state index in [0.29, 0.717) is 0 Å². The number of rotatable bonds is 3. The van der Waals surface area contributed by atoms with Gasteiger partial charge in [0.2, 0.25) is 0 Å². The van der Waals surface area contributed by atoms with Crippen molar-refractivity contribution in [2.75, 3.05) is 14.2 Å². The van der Waals surface area contributed by atoms with Gasteiger partial charge in [-0.25, -0.2) is 0 Å². The van der Waals surface area contributed by atoms with Crippen LogP contribution in [0.2, 0.25) is 0 Å². The summed E-state index contributed by atoms with van der Waals surface area (Å²) in [5.41, 5.74) is 4.15. The van der Waals surface area contributed by atoms with Gasteiger partial charge in [-0.3, -0.25) is 4.68 Å². The molecule has 0 aliphatic rings. The molecule has 1 heterocycles. The maximum absolute atomic E-state index is 5.48. The predicted molar refractivity (Wildman–Crippen MR) is 84.0 cm³/mol. The third kappa shape index (κ3) is 2.23. The second-order valence-corrected chi connectivity index (χ2v) is 5.06. The molecule has 0 amide bonds. The van der Waals surface area contributed by atoms with E-state index in [1.54, 1.807) is 14.2 Å². The molecule has 1 aromatic heterocycles. The average Bonchev–Trinajstić information content (AvgIpc) is 2.82. The fourth-order valence-corrected chi connectivity index (χ4v) is 2.58. The Kier molecular flexibility index (Phi) is 3.29. The Labute approximate surface area is 123 Å². The lowest BCUT2D eigenvalue weighted by molar-refractivity contribution is 0.404. The fourth-order valence-electron chi connectivity index (χ4n) is 2.58.